The second-order valence-electron chi connectivity index (χ2n) is 6.07. The van der Waals surface area contributed by atoms with Gasteiger partial charge in [0.25, 0.3) is 0 Å². The van der Waals surface area contributed by atoms with E-state index in [9.17, 15) is 14.0 Å². The zero-order valence-electron chi connectivity index (χ0n) is 16.2. The lowest BCUT2D eigenvalue weighted by atomic mass is 10.2. The molecule has 1 heterocycles. The van der Waals surface area contributed by atoms with Crippen LogP contribution in [0.3, 0.4) is 0 Å². The van der Waals surface area contributed by atoms with Gasteiger partial charge in [-0.05, 0) is 31.2 Å². The van der Waals surface area contributed by atoms with Gasteiger partial charge in [-0.25, -0.2) is 9.07 Å². The van der Waals surface area contributed by atoms with Crippen LogP contribution >= 0.6 is 11.8 Å². The Kier molecular flexibility index (Phi) is 7.02. The van der Waals surface area contributed by atoms with Crippen LogP contribution < -0.4 is 10.7 Å². The summed E-state index contributed by atoms with van der Waals surface area (Å²) in [4.78, 5) is 26.1. The van der Waals surface area contributed by atoms with Crippen LogP contribution in [0.4, 0.5) is 10.1 Å². The van der Waals surface area contributed by atoms with Crippen molar-refractivity contribution in [3.63, 3.8) is 0 Å². The Morgan fingerprint density at radius 2 is 1.83 bits per heavy atom. The monoisotopic (exact) mass is 429 g/mol. The largest absolute Gasteiger partial charge is 0.465 e. The highest BCUT2D eigenvalue weighted by Crippen LogP contribution is 2.24. The number of ether oxygens (including phenoxy) is 1. The molecule has 156 valence electrons. The molecule has 1 aromatic heterocycles. The fourth-order valence-corrected chi connectivity index (χ4v) is 3.41. The van der Waals surface area contributed by atoms with Crippen molar-refractivity contribution in [2.24, 2.45) is 0 Å². The van der Waals surface area contributed by atoms with Crippen LogP contribution in [0.25, 0.3) is 11.4 Å². The van der Waals surface area contributed by atoms with E-state index >= 15 is 0 Å². The number of thioether (sulfide) groups is 1. The minimum Gasteiger partial charge on any atom is -0.465 e. The van der Waals surface area contributed by atoms with Crippen LogP contribution in [0.1, 0.15) is 6.92 Å². The number of esters is 1. The summed E-state index contributed by atoms with van der Waals surface area (Å²) in [6.07, 6.45) is 0. The topological polar surface area (TPSA) is 103 Å². The number of carbonyl (C=O) groups excluding carboxylic acids is 2. The fourth-order valence-electron chi connectivity index (χ4n) is 2.67. The molecule has 0 aliphatic carbocycles. The van der Waals surface area contributed by atoms with Crippen molar-refractivity contribution >= 4 is 29.3 Å². The molecule has 0 bridgehead atoms. The van der Waals surface area contributed by atoms with E-state index in [1.807, 2.05) is 6.07 Å². The number of nitrogens with zero attached hydrogens (tertiary/aromatic N) is 4. The third kappa shape index (κ3) is 4.95. The van der Waals surface area contributed by atoms with E-state index in [1.54, 1.807) is 49.4 Å². The highest BCUT2D eigenvalue weighted by atomic mass is 32.2. The SMILES string of the molecule is CCOC(=O)CN(C(=O)CSc1nnc(-c2ccccc2F)n1N)c1ccccc1. The number of benzene rings is 2. The van der Waals surface area contributed by atoms with Crippen molar-refractivity contribution in [3.05, 3.63) is 60.4 Å². The molecule has 0 spiro atoms. The molecule has 0 atom stereocenters. The Bertz CT molecular complexity index is 1030. The lowest BCUT2D eigenvalue weighted by Gasteiger charge is -2.21. The van der Waals surface area contributed by atoms with E-state index < -0.39 is 11.8 Å². The van der Waals surface area contributed by atoms with Gasteiger partial charge in [0.2, 0.25) is 11.1 Å². The minimum absolute atomic E-state index is 0.0547. The average Bonchev–Trinajstić information content (AvgIpc) is 3.11. The van der Waals surface area contributed by atoms with Gasteiger partial charge in [0.1, 0.15) is 12.4 Å². The van der Waals surface area contributed by atoms with Gasteiger partial charge >= 0.3 is 5.97 Å². The van der Waals surface area contributed by atoms with E-state index in [4.69, 9.17) is 10.6 Å². The van der Waals surface area contributed by atoms with Crippen LogP contribution in [0.15, 0.2) is 59.8 Å². The van der Waals surface area contributed by atoms with E-state index in [-0.39, 0.29) is 41.4 Å². The van der Waals surface area contributed by atoms with Crippen LogP contribution in [0.2, 0.25) is 0 Å². The number of anilines is 1. The molecule has 30 heavy (non-hydrogen) atoms. The maximum atomic E-state index is 14.0. The molecule has 0 fully saturated rings. The first-order valence-electron chi connectivity index (χ1n) is 9.10. The molecule has 0 aliphatic heterocycles. The molecule has 2 aromatic carbocycles. The van der Waals surface area contributed by atoms with Gasteiger partial charge in [-0.1, -0.05) is 42.1 Å². The standard InChI is InChI=1S/C20H20FN5O3S/c1-2-29-18(28)12-25(14-8-4-3-5-9-14)17(27)13-30-20-24-23-19(26(20)22)15-10-6-7-11-16(15)21/h3-11H,2,12-13,22H2,1H3. The normalized spacial score (nSPS) is 10.6. The van der Waals surface area contributed by atoms with Crippen molar-refractivity contribution < 1.29 is 18.7 Å². The van der Waals surface area contributed by atoms with Crippen molar-refractivity contribution in [1.29, 1.82) is 0 Å². The van der Waals surface area contributed by atoms with E-state index in [2.05, 4.69) is 10.2 Å². The number of nitrogens with two attached hydrogens (primary N) is 1. The number of para-hydroxylation sites is 1. The summed E-state index contributed by atoms with van der Waals surface area (Å²) in [6.45, 7) is 1.70. The fraction of sp³-hybridized carbons (Fsp3) is 0.200. The Morgan fingerprint density at radius 3 is 2.53 bits per heavy atom. The molecular weight excluding hydrogens is 409 g/mol. The summed E-state index contributed by atoms with van der Waals surface area (Å²) in [7, 11) is 0. The summed E-state index contributed by atoms with van der Waals surface area (Å²) in [5.41, 5.74) is 0.774. The Labute approximate surface area is 176 Å². The molecule has 0 radical (unpaired) electrons. The van der Waals surface area contributed by atoms with Gasteiger partial charge in [-0.15, -0.1) is 10.2 Å². The van der Waals surface area contributed by atoms with Crippen LogP contribution in [0, 0.1) is 5.82 Å². The molecule has 8 nitrogen and oxygen atoms in total. The molecule has 0 saturated carbocycles. The predicted octanol–water partition coefficient (Wildman–Crippen LogP) is 2.49. The van der Waals surface area contributed by atoms with Crippen LogP contribution in [-0.2, 0) is 14.3 Å². The molecule has 0 aliphatic rings. The van der Waals surface area contributed by atoms with E-state index in [0.717, 1.165) is 16.4 Å². The van der Waals surface area contributed by atoms with Gasteiger partial charge in [0.15, 0.2) is 5.82 Å². The highest BCUT2D eigenvalue weighted by molar-refractivity contribution is 7.99. The average molecular weight is 429 g/mol. The smallest absolute Gasteiger partial charge is 0.326 e. The number of hydrogen-bond acceptors (Lipinski definition) is 7. The van der Waals surface area contributed by atoms with Crippen molar-refractivity contribution in [2.45, 2.75) is 12.1 Å². The van der Waals surface area contributed by atoms with Crippen LogP contribution in [0.5, 0.6) is 0 Å². The van der Waals surface area contributed by atoms with E-state index in [1.165, 1.54) is 11.0 Å². The Hall–Kier alpha value is -3.40. The number of amides is 1. The third-order valence-electron chi connectivity index (χ3n) is 4.07. The van der Waals surface area contributed by atoms with E-state index in [0.29, 0.717) is 5.69 Å². The number of aromatic nitrogens is 3. The molecule has 1 amide bonds. The number of nitrogen functional groups attached to an aromatic ring is 1. The second-order valence-corrected chi connectivity index (χ2v) is 7.01. The van der Waals surface area contributed by atoms with Gasteiger partial charge in [-0.3, -0.25) is 9.59 Å². The molecule has 3 rings (SSSR count). The lowest BCUT2D eigenvalue weighted by Crippen LogP contribution is -2.37. The van der Waals surface area contributed by atoms with Gasteiger partial charge < -0.3 is 15.5 Å². The number of halogens is 1. The lowest BCUT2D eigenvalue weighted by molar-refractivity contribution is -0.142. The number of carbonyl (C=O) groups is 2. The first kappa shape index (κ1) is 21.3. The predicted molar refractivity (Wildman–Crippen MR) is 112 cm³/mol. The zero-order chi connectivity index (χ0) is 21.5. The first-order valence-corrected chi connectivity index (χ1v) is 10.1. The molecule has 0 unspecified atom stereocenters. The summed E-state index contributed by atoms with van der Waals surface area (Å²) < 4.78 is 20.1. The molecule has 3 aromatic rings. The highest BCUT2D eigenvalue weighted by Gasteiger charge is 2.22. The summed E-state index contributed by atoms with van der Waals surface area (Å²) in [5, 5.41) is 8.12. The summed E-state index contributed by atoms with van der Waals surface area (Å²) >= 11 is 1.04. The molecular formula is C20H20FN5O3S. The molecule has 2 N–H and O–H groups in total. The summed E-state index contributed by atoms with van der Waals surface area (Å²) in [6, 6.07) is 14.9. The van der Waals surface area contributed by atoms with Crippen molar-refractivity contribution in [3.8, 4) is 11.4 Å². The number of rotatable bonds is 8. The maximum Gasteiger partial charge on any atom is 0.326 e. The van der Waals surface area contributed by atoms with Crippen LogP contribution in [-0.4, -0.2) is 45.7 Å². The molecule has 0 saturated heterocycles. The minimum atomic E-state index is -0.511. The second kappa shape index (κ2) is 9.88. The zero-order valence-corrected chi connectivity index (χ0v) is 17.0. The Morgan fingerprint density at radius 1 is 1.13 bits per heavy atom. The Balaban J connectivity index is 1.74. The van der Waals surface area contributed by atoms with Crippen molar-refractivity contribution in [1.82, 2.24) is 14.9 Å². The quantitative estimate of drug-likeness (QED) is 0.333. The van der Waals surface area contributed by atoms with Gasteiger partial charge in [0.05, 0.1) is 17.9 Å². The number of hydrogen-bond donors (Lipinski definition) is 1. The first-order chi connectivity index (χ1) is 14.5. The summed E-state index contributed by atoms with van der Waals surface area (Å²) in [5.74, 6) is 4.77. The van der Waals surface area contributed by atoms with Crippen molar-refractivity contribution in [2.75, 3.05) is 29.6 Å². The third-order valence-corrected chi connectivity index (χ3v) is 4.99. The van der Waals surface area contributed by atoms with Gasteiger partial charge in [-0.2, -0.15) is 0 Å². The molecule has 10 heteroatoms. The maximum absolute atomic E-state index is 14.0. The van der Waals surface area contributed by atoms with Gasteiger partial charge in [0, 0.05) is 5.69 Å².